The number of alkyl halides is 3. The summed E-state index contributed by atoms with van der Waals surface area (Å²) in [5.41, 5.74) is 9.67. The van der Waals surface area contributed by atoms with Gasteiger partial charge in [-0.25, -0.2) is 0 Å². The van der Waals surface area contributed by atoms with Crippen LogP contribution in [0.1, 0.15) is 153 Å². The molecular formula is C70H68F3NO4. The number of benzene rings is 8. The number of methoxy groups -OCH3 is 1. The van der Waals surface area contributed by atoms with E-state index in [4.69, 9.17) is 14.2 Å². The third-order valence-corrected chi connectivity index (χ3v) is 16.9. The van der Waals surface area contributed by atoms with Gasteiger partial charge >= 0.3 is 6.18 Å². The number of anilines is 1. The molecule has 1 unspecified atom stereocenters. The van der Waals surface area contributed by atoms with E-state index in [0.717, 1.165) is 74.4 Å². The maximum Gasteiger partial charge on any atom is 0.416 e. The summed E-state index contributed by atoms with van der Waals surface area (Å²) in [7, 11) is 1.61. The van der Waals surface area contributed by atoms with Crippen LogP contribution in [0.4, 0.5) is 18.9 Å². The molecule has 398 valence electrons. The first kappa shape index (κ1) is 52.5. The predicted octanol–water partition coefficient (Wildman–Crippen LogP) is 18.9. The van der Waals surface area contributed by atoms with Crippen LogP contribution < -0.4 is 19.5 Å². The van der Waals surface area contributed by atoms with Gasteiger partial charge in [-0.05, 0) is 166 Å². The van der Waals surface area contributed by atoms with Crippen LogP contribution in [-0.4, -0.2) is 19.6 Å². The van der Waals surface area contributed by atoms with Gasteiger partial charge in [-0.2, -0.15) is 13.2 Å². The van der Waals surface area contributed by atoms with Gasteiger partial charge in [0.15, 0.2) is 5.60 Å². The van der Waals surface area contributed by atoms with Gasteiger partial charge in [0.2, 0.25) is 0 Å². The van der Waals surface area contributed by atoms with E-state index < -0.39 is 22.8 Å². The summed E-state index contributed by atoms with van der Waals surface area (Å²) in [6, 6.07) is 52.1. The average molecular weight is 1040 g/mol. The second kappa shape index (κ2) is 21.7. The number of fused-ring (bicyclic) bond motifs is 8. The minimum Gasteiger partial charge on any atom is -0.497 e. The van der Waals surface area contributed by atoms with Crippen LogP contribution >= 0.6 is 0 Å². The van der Waals surface area contributed by atoms with E-state index in [0.29, 0.717) is 57.4 Å². The topological polar surface area (TPSA) is 56.8 Å². The van der Waals surface area contributed by atoms with Crippen LogP contribution in [0.15, 0.2) is 170 Å². The molecule has 1 N–H and O–H groups in total. The number of nitrogens with one attached hydrogen (secondary N) is 1. The molecule has 5 nitrogen and oxygen atoms in total. The molecule has 0 spiro atoms. The highest BCUT2D eigenvalue weighted by molar-refractivity contribution is 6.11. The second-order valence-corrected chi connectivity index (χ2v) is 22.2. The van der Waals surface area contributed by atoms with Gasteiger partial charge < -0.3 is 19.5 Å². The lowest BCUT2D eigenvalue weighted by molar-refractivity contribution is -0.137. The summed E-state index contributed by atoms with van der Waals surface area (Å²) in [6.07, 6.45) is 9.94. The molecule has 8 aromatic carbocycles. The van der Waals surface area contributed by atoms with Crippen molar-refractivity contribution >= 4 is 27.9 Å². The number of rotatable bonds is 16. The maximum absolute atomic E-state index is 15.0. The summed E-state index contributed by atoms with van der Waals surface area (Å²) < 4.78 is 64.2. The quantitative estimate of drug-likeness (QED) is 0.0980. The van der Waals surface area contributed by atoms with Gasteiger partial charge in [0.25, 0.3) is 5.91 Å². The van der Waals surface area contributed by atoms with Crippen LogP contribution in [0.3, 0.4) is 0 Å². The third-order valence-electron chi connectivity index (χ3n) is 16.9. The van der Waals surface area contributed by atoms with Gasteiger partial charge in [-0.15, -0.1) is 0 Å². The van der Waals surface area contributed by atoms with Crippen LogP contribution in [0.5, 0.6) is 17.2 Å². The highest BCUT2D eigenvalue weighted by atomic mass is 19.4. The number of carbonyl (C=O) groups is 1. The van der Waals surface area contributed by atoms with Crippen molar-refractivity contribution in [3.05, 3.63) is 220 Å². The molecule has 8 heteroatoms. The molecule has 0 saturated heterocycles. The van der Waals surface area contributed by atoms with E-state index in [1.165, 1.54) is 69.1 Å². The fraction of sp³-hybridized carbons (Fsp3) is 0.300. The zero-order valence-electron chi connectivity index (χ0n) is 45.4. The number of amides is 1. The van der Waals surface area contributed by atoms with Gasteiger partial charge in [0.1, 0.15) is 17.2 Å². The monoisotopic (exact) mass is 1040 g/mol. The van der Waals surface area contributed by atoms with Crippen molar-refractivity contribution < 1.29 is 32.2 Å². The minimum absolute atomic E-state index is 0.240. The van der Waals surface area contributed by atoms with Crippen LogP contribution in [0.25, 0.3) is 38.6 Å². The van der Waals surface area contributed by atoms with Crippen molar-refractivity contribution in [2.75, 3.05) is 19.0 Å². The van der Waals surface area contributed by atoms with Crippen LogP contribution in [0.2, 0.25) is 0 Å². The number of carbonyl (C=O) groups excluding carboxylic acids is 1. The zero-order chi connectivity index (χ0) is 54.2. The Hall–Kier alpha value is -7.58. The van der Waals surface area contributed by atoms with E-state index >= 15 is 0 Å². The summed E-state index contributed by atoms with van der Waals surface area (Å²) in [5.74, 6) is 2.96. The van der Waals surface area contributed by atoms with Crippen LogP contribution in [-0.2, 0) is 17.2 Å². The standard InChI is InChI=1S/C70H68F3NO4/c1-6-8-10-13-45-16-18-46(19-17-45)47-20-22-48(23-21-47)49-24-26-51(27-25-49)67(75)74-55-35-28-50(29-36-55)61-44-69(52-30-37-56(76-5)38-31-52,53-32-39-57(40-33-53)77-42-9-7-2)78-66-60-43-54(70(71,72)73)34-41-58(60)63-59-14-11-12-15-62(59)68(3,4)65(63)64(61)66/h11-12,14-15,20-41,43-46H,6-10,13,16-19,42H2,1-5H3,(H,74,75)/t45-,46-,69?. The number of hydrogen-bond acceptors (Lipinski definition) is 4. The lowest BCUT2D eigenvalue weighted by Gasteiger charge is -2.41. The lowest BCUT2D eigenvalue weighted by Crippen LogP contribution is -2.36. The SMILES string of the molecule is CCCCC[C@H]1CC[C@H](c2ccc(-c3ccc(C(=O)Nc4ccc(C5=CC(c6ccc(OC)cc6)(c6ccc(OCCCC)cc6)Oc6c5c5c(c7ccc(C(F)(F)F)cc67)-c6ccccc6C5(C)C)cc4)cc3)cc2)CC1. The van der Waals surface area contributed by atoms with Crippen molar-refractivity contribution in [1.29, 1.82) is 0 Å². The molecule has 1 atom stereocenters. The van der Waals surface area contributed by atoms with Crippen molar-refractivity contribution in [2.24, 2.45) is 5.92 Å². The third kappa shape index (κ3) is 9.99. The molecule has 3 aliphatic rings. The minimum atomic E-state index is -4.62. The Morgan fingerprint density at radius 2 is 1.29 bits per heavy atom. The molecular weight excluding hydrogens is 976 g/mol. The molecule has 2 aliphatic carbocycles. The first-order valence-electron chi connectivity index (χ1n) is 28.0. The Labute approximate surface area is 457 Å². The average Bonchev–Trinajstić information content (AvgIpc) is 3.90. The first-order chi connectivity index (χ1) is 37.8. The fourth-order valence-electron chi connectivity index (χ4n) is 12.6. The van der Waals surface area contributed by atoms with E-state index in [1.54, 1.807) is 13.2 Å². The van der Waals surface area contributed by atoms with E-state index in [1.807, 2.05) is 109 Å². The highest BCUT2D eigenvalue weighted by Gasteiger charge is 2.47. The Balaban J connectivity index is 0.967. The summed E-state index contributed by atoms with van der Waals surface area (Å²) in [5, 5.41) is 4.15. The van der Waals surface area contributed by atoms with Gasteiger partial charge in [0, 0.05) is 38.7 Å². The number of ether oxygens (including phenoxy) is 3. The summed E-state index contributed by atoms with van der Waals surface area (Å²) >= 11 is 0. The maximum atomic E-state index is 15.0. The Bertz CT molecular complexity index is 3480. The number of unbranched alkanes of at least 4 members (excludes halogenated alkanes) is 3. The molecule has 0 bridgehead atoms. The van der Waals surface area contributed by atoms with Crippen molar-refractivity contribution in [2.45, 2.75) is 115 Å². The normalized spacial score (nSPS) is 18.3. The molecule has 1 aliphatic heterocycles. The smallest absolute Gasteiger partial charge is 0.416 e. The molecule has 1 heterocycles. The first-order valence-corrected chi connectivity index (χ1v) is 28.0. The molecule has 0 radical (unpaired) electrons. The fourth-order valence-corrected chi connectivity index (χ4v) is 12.6. The molecule has 8 aromatic rings. The zero-order valence-corrected chi connectivity index (χ0v) is 45.4. The van der Waals surface area contributed by atoms with Gasteiger partial charge in [-0.1, -0.05) is 163 Å². The summed E-state index contributed by atoms with van der Waals surface area (Å²) in [4.78, 5) is 14.0. The summed E-state index contributed by atoms with van der Waals surface area (Å²) in [6.45, 7) is 9.32. The predicted molar refractivity (Wildman–Crippen MR) is 310 cm³/mol. The number of hydrogen-bond donors (Lipinski definition) is 1. The molecule has 1 amide bonds. The Morgan fingerprint density at radius 3 is 1.94 bits per heavy atom. The molecule has 0 aromatic heterocycles. The highest BCUT2D eigenvalue weighted by Crippen LogP contribution is 2.61. The van der Waals surface area contributed by atoms with Crippen LogP contribution in [0, 0.1) is 5.92 Å². The molecule has 78 heavy (non-hydrogen) atoms. The van der Waals surface area contributed by atoms with E-state index in [-0.39, 0.29) is 5.91 Å². The van der Waals surface area contributed by atoms with Crippen molar-refractivity contribution in [3.8, 4) is 39.5 Å². The Morgan fingerprint density at radius 1 is 0.667 bits per heavy atom. The van der Waals surface area contributed by atoms with Gasteiger partial charge in [0.05, 0.1) is 19.3 Å². The Kier molecular flexibility index (Phi) is 14.6. The molecule has 1 saturated carbocycles. The largest absolute Gasteiger partial charge is 0.497 e. The van der Waals surface area contributed by atoms with Crippen molar-refractivity contribution in [3.63, 3.8) is 0 Å². The lowest BCUT2D eigenvalue weighted by atomic mass is 9.73. The molecule has 11 rings (SSSR count). The van der Waals surface area contributed by atoms with E-state index in [2.05, 4.69) is 75.5 Å². The second-order valence-electron chi connectivity index (χ2n) is 22.2. The number of halogens is 3. The molecule has 1 fully saturated rings. The van der Waals surface area contributed by atoms with E-state index in [9.17, 15) is 18.0 Å². The van der Waals surface area contributed by atoms with Crippen molar-refractivity contribution in [1.82, 2.24) is 0 Å². The van der Waals surface area contributed by atoms with Gasteiger partial charge in [-0.3, -0.25) is 4.79 Å².